The highest BCUT2D eigenvalue weighted by atomic mass is 19.4. The molecule has 198 valence electrons. The van der Waals surface area contributed by atoms with Crippen molar-refractivity contribution in [3.05, 3.63) is 90.4 Å². The molecule has 2 amide bonds. The molecule has 0 spiro atoms. The first-order valence-corrected chi connectivity index (χ1v) is 11.9. The number of alkyl halides is 3. The number of aromatic hydroxyl groups is 1. The Morgan fingerprint density at radius 2 is 1.77 bits per heavy atom. The summed E-state index contributed by atoms with van der Waals surface area (Å²) in [5.41, 5.74) is 3.74. The largest absolute Gasteiger partial charge is 0.573 e. The van der Waals surface area contributed by atoms with Crippen molar-refractivity contribution in [2.75, 3.05) is 22.1 Å². The zero-order valence-electron chi connectivity index (χ0n) is 20.4. The van der Waals surface area contributed by atoms with Crippen LogP contribution in [0.2, 0.25) is 0 Å². The Morgan fingerprint density at radius 1 is 1.03 bits per heavy atom. The monoisotopic (exact) mass is 537 g/mol. The van der Waals surface area contributed by atoms with Crippen LogP contribution in [-0.4, -0.2) is 24.0 Å². The molecular formula is C28H21F4N4O3+. The number of para-hydroxylation sites is 2. The van der Waals surface area contributed by atoms with Crippen LogP contribution >= 0.6 is 0 Å². The highest BCUT2D eigenvalue weighted by Crippen LogP contribution is 2.55. The van der Waals surface area contributed by atoms with Crippen molar-refractivity contribution in [1.82, 2.24) is 0 Å². The Balaban J connectivity index is 1.29. The first kappa shape index (κ1) is 24.5. The maximum atomic E-state index is 14.3. The number of rotatable bonds is 4. The second kappa shape index (κ2) is 8.62. The van der Waals surface area contributed by atoms with Crippen LogP contribution in [0.15, 0.2) is 79.0 Å². The molecule has 2 aliphatic heterocycles. The molecule has 1 aromatic heterocycles. The van der Waals surface area contributed by atoms with Gasteiger partial charge in [0.15, 0.2) is 5.82 Å². The molecule has 0 saturated heterocycles. The number of amides is 2. The van der Waals surface area contributed by atoms with Crippen LogP contribution in [0.3, 0.4) is 0 Å². The molecule has 0 saturated carbocycles. The molecule has 1 atom stereocenters. The number of phenols is 1. The van der Waals surface area contributed by atoms with E-state index in [1.807, 2.05) is 22.5 Å². The maximum absolute atomic E-state index is 14.3. The number of hydrogen-bond donors (Lipinski definition) is 3. The molecule has 7 nitrogen and oxygen atoms in total. The summed E-state index contributed by atoms with van der Waals surface area (Å²) in [5, 5.41) is 16.3. The Kier molecular flexibility index (Phi) is 5.42. The Labute approximate surface area is 219 Å². The number of nitrogens with one attached hydrogen (secondary N) is 2. The zero-order valence-corrected chi connectivity index (χ0v) is 20.4. The molecule has 11 heteroatoms. The third-order valence-electron chi connectivity index (χ3n) is 6.94. The summed E-state index contributed by atoms with van der Waals surface area (Å²) in [5.74, 6) is -0.741. The van der Waals surface area contributed by atoms with Gasteiger partial charge in [0.05, 0.1) is 34.7 Å². The number of hydrogen-bond acceptors (Lipinski definition) is 4. The van der Waals surface area contributed by atoms with E-state index >= 15 is 0 Å². The van der Waals surface area contributed by atoms with Gasteiger partial charge in [-0.15, -0.1) is 13.2 Å². The SMILES string of the molecule is CC12CN(c3ccccc3NC(=O)Nc3ccc(OC(F)(F)F)cc3)c3c(O)ccc(c31)-c1ccc(F)c[n+]12. The molecule has 39 heavy (non-hydrogen) atoms. The molecule has 2 aliphatic rings. The van der Waals surface area contributed by atoms with Crippen molar-refractivity contribution < 1.29 is 36.8 Å². The van der Waals surface area contributed by atoms with Crippen LogP contribution in [0.4, 0.5) is 45.1 Å². The van der Waals surface area contributed by atoms with Gasteiger partial charge in [-0.1, -0.05) is 12.1 Å². The Bertz CT molecular complexity index is 1620. The van der Waals surface area contributed by atoms with Gasteiger partial charge < -0.3 is 25.4 Å². The fourth-order valence-corrected chi connectivity index (χ4v) is 5.42. The van der Waals surface area contributed by atoms with E-state index in [1.54, 1.807) is 36.4 Å². The minimum atomic E-state index is -4.81. The van der Waals surface area contributed by atoms with E-state index < -0.39 is 23.7 Å². The molecule has 4 aromatic rings. The number of pyridine rings is 1. The van der Waals surface area contributed by atoms with E-state index in [-0.39, 0.29) is 17.3 Å². The average molecular weight is 537 g/mol. The summed E-state index contributed by atoms with van der Waals surface area (Å²) < 4.78 is 57.2. The lowest BCUT2D eigenvalue weighted by molar-refractivity contribution is -0.732. The second-order valence-electron chi connectivity index (χ2n) is 9.49. The summed E-state index contributed by atoms with van der Waals surface area (Å²) in [6, 6.07) is 17.7. The molecular weight excluding hydrogens is 516 g/mol. The fraction of sp³-hybridized carbons (Fsp3) is 0.143. The molecule has 3 N–H and O–H groups in total. The van der Waals surface area contributed by atoms with Crippen LogP contribution < -0.4 is 24.8 Å². The predicted octanol–water partition coefficient (Wildman–Crippen LogP) is 6.26. The minimum absolute atomic E-state index is 0.0479. The number of carbonyl (C=O) groups is 1. The summed E-state index contributed by atoms with van der Waals surface area (Å²) in [7, 11) is 0. The van der Waals surface area contributed by atoms with Gasteiger partial charge in [0.25, 0.3) is 0 Å². The number of phenolic OH excluding ortho intramolecular Hbond substituents is 1. The van der Waals surface area contributed by atoms with Gasteiger partial charge in [-0.25, -0.2) is 9.18 Å². The van der Waals surface area contributed by atoms with Crippen molar-refractivity contribution in [2.24, 2.45) is 0 Å². The van der Waals surface area contributed by atoms with E-state index in [1.165, 1.54) is 24.4 Å². The molecule has 1 unspecified atom stereocenters. The molecule has 0 bridgehead atoms. The second-order valence-corrected chi connectivity index (χ2v) is 9.49. The molecule has 6 rings (SSSR count). The highest BCUT2D eigenvalue weighted by Gasteiger charge is 2.56. The summed E-state index contributed by atoms with van der Waals surface area (Å²) in [6.45, 7) is 2.33. The summed E-state index contributed by atoms with van der Waals surface area (Å²) in [6.07, 6.45) is -3.37. The van der Waals surface area contributed by atoms with E-state index in [9.17, 15) is 27.5 Å². The van der Waals surface area contributed by atoms with Gasteiger partial charge in [0.2, 0.25) is 17.4 Å². The van der Waals surface area contributed by atoms with E-state index in [2.05, 4.69) is 15.4 Å². The molecule has 0 fully saturated rings. The maximum Gasteiger partial charge on any atom is 0.573 e. The summed E-state index contributed by atoms with van der Waals surface area (Å²) in [4.78, 5) is 14.7. The van der Waals surface area contributed by atoms with Gasteiger partial charge in [-0.05, 0) is 54.6 Å². The standard InChI is InChI=1S/C28H20F4N4O3/c1-27-15-35(25-23(37)13-11-19(24(25)27)21-12-6-16(29)14-36(21)27)22-5-3-2-4-20(22)34-26(38)33-17-7-9-18(10-8-17)39-28(30,31)32/h2-14H,15H2,1H3,(H2,33,34,38)/p+1. The van der Waals surface area contributed by atoms with Gasteiger partial charge >= 0.3 is 12.4 Å². The number of carbonyl (C=O) groups excluding carboxylic acids is 1. The topological polar surface area (TPSA) is 77.7 Å². The lowest BCUT2D eigenvalue weighted by Gasteiger charge is -2.25. The van der Waals surface area contributed by atoms with E-state index in [0.29, 0.717) is 23.6 Å². The van der Waals surface area contributed by atoms with Gasteiger partial charge in [0, 0.05) is 18.7 Å². The third kappa shape index (κ3) is 4.15. The van der Waals surface area contributed by atoms with E-state index in [4.69, 9.17) is 0 Å². The van der Waals surface area contributed by atoms with Crippen molar-refractivity contribution in [3.63, 3.8) is 0 Å². The quantitative estimate of drug-likeness (QED) is 0.212. The van der Waals surface area contributed by atoms with Crippen LogP contribution in [0.5, 0.6) is 11.5 Å². The predicted molar refractivity (Wildman–Crippen MR) is 136 cm³/mol. The number of anilines is 4. The number of aromatic nitrogens is 1. The smallest absolute Gasteiger partial charge is 0.506 e. The van der Waals surface area contributed by atoms with Crippen LogP contribution in [0.25, 0.3) is 11.3 Å². The molecule has 0 aliphatic carbocycles. The van der Waals surface area contributed by atoms with Crippen LogP contribution in [-0.2, 0) is 5.54 Å². The van der Waals surface area contributed by atoms with Crippen molar-refractivity contribution >= 4 is 28.8 Å². The molecule has 0 radical (unpaired) electrons. The van der Waals surface area contributed by atoms with Crippen LogP contribution in [0.1, 0.15) is 12.5 Å². The van der Waals surface area contributed by atoms with Gasteiger partial charge in [-0.3, -0.25) is 0 Å². The van der Waals surface area contributed by atoms with Gasteiger partial charge in [0.1, 0.15) is 11.5 Å². The first-order chi connectivity index (χ1) is 18.5. The average Bonchev–Trinajstić information content (AvgIpc) is 3.32. The first-order valence-electron chi connectivity index (χ1n) is 11.9. The fourth-order valence-electron chi connectivity index (χ4n) is 5.42. The number of benzene rings is 3. The number of nitrogens with zero attached hydrogens (tertiary/aromatic N) is 2. The van der Waals surface area contributed by atoms with Crippen molar-refractivity contribution in [1.29, 1.82) is 0 Å². The van der Waals surface area contributed by atoms with Crippen LogP contribution in [0, 0.1) is 5.82 Å². The van der Waals surface area contributed by atoms with Gasteiger partial charge in [-0.2, -0.15) is 4.57 Å². The highest BCUT2D eigenvalue weighted by molar-refractivity contribution is 6.03. The number of fused-ring (bicyclic) bond motifs is 3. The number of halogens is 4. The Hall–Kier alpha value is -4.80. The lowest BCUT2D eigenvalue weighted by atomic mass is 9.93. The Morgan fingerprint density at radius 3 is 2.51 bits per heavy atom. The number of urea groups is 1. The minimum Gasteiger partial charge on any atom is -0.506 e. The van der Waals surface area contributed by atoms with Crippen molar-refractivity contribution in [2.45, 2.75) is 18.8 Å². The van der Waals surface area contributed by atoms with E-state index in [0.717, 1.165) is 29.0 Å². The normalized spacial score (nSPS) is 17.0. The molecule has 3 heterocycles. The third-order valence-corrected chi connectivity index (χ3v) is 6.94. The molecule has 3 aromatic carbocycles. The lowest BCUT2D eigenvalue weighted by Crippen LogP contribution is -2.55. The summed E-state index contributed by atoms with van der Waals surface area (Å²) >= 11 is 0. The van der Waals surface area contributed by atoms with Crippen molar-refractivity contribution in [3.8, 4) is 22.8 Å². The number of ether oxygens (including phenoxy) is 1. The zero-order chi connectivity index (χ0) is 27.5.